The average Bonchev–Trinajstić information content (AvgIpc) is 2.77. The molecule has 2 amide bonds. The number of carboxylic acids is 1. The molecule has 4 rings (SSSR count). The standard InChI is InChI=1S/C23H19N3O8/c1-10(27)33-19(20(23(31)32)34-11(2)28)22(30)24-14-7-6-12-8-13-4-3-5-15-17(13)18(16(12)9-14)25-26-21(15)29/h3-9,19-20,25H,1-2H3,(H,24,30)(H,26,29)(H,31,32). The average molecular weight is 465 g/mol. The van der Waals surface area contributed by atoms with Crippen LogP contribution in [0.15, 0.2) is 42.5 Å². The van der Waals surface area contributed by atoms with Crippen molar-refractivity contribution in [1.82, 2.24) is 5.43 Å². The Morgan fingerprint density at radius 1 is 0.912 bits per heavy atom. The van der Waals surface area contributed by atoms with Crippen molar-refractivity contribution < 1.29 is 38.6 Å². The molecule has 11 heteroatoms. The van der Waals surface area contributed by atoms with E-state index in [-0.39, 0.29) is 11.6 Å². The number of nitrogens with one attached hydrogen (secondary N) is 3. The largest absolute Gasteiger partial charge is 0.478 e. The summed E-state index contributed by atoms with van der Waals surface area (Å²) in [5.41, 5.74) is 6.85. The van der Waals surface area contributed by atoms with Gasteiger partial charge in [-0.15, -0.1) is 0 Å². The van der Waals surface area contributed by atoms with Gasteiger partial charge in [-0.3, -0.25) is 30.0 Å². The first-order chi connectivity index (χ1) is 16.2. The molecule has 0 saturated carbocycles. The minimum absolute atomic E-state index is 0.258. The molecule has 1 aliphatic heterocycles. The number of hydrogen-bond donors (Lipinski definition) is 4. The summed E-state index contributed by atoms with van der Waals surface area (Å²) in [4.78, 5) is 59.5. The second-order valence-corrected chi connectivity index (χ2v) is 7.56. The van der Waals surface area contributed by atoms with E-state index in [1.54, 1.807) is 30.3 Å². The molecule has 4 N–H and O–H groups in total. The molecule has 0 spiro atoms. The van der Waals surface area contributed by atoms with E-state index < -0.39 is 36.0 Å². The molecule has 1 heterocycles. The molecule has 34 heavy (non-hydrogen) atoms. The van der Waals surface area contributed by atoms with E-state index in [0.717, 1.165) is 24.6 Å². The predicted molar refractivity (Wildman–Crippen MR) is 120 cm³/mol. The quantitative estimate of drug-likeness (QED) is 0.315. The molecule has 2 unspecified atom stereocenters. The first-order valence-electron chi connectivity index (χ1n) is 10.1. The number of hydrazine groups is 1. The molecule has 0 aromatic heterocycles. The topological polar surface area (TPSA) is 160 Å². The van der Waals surface area contributed by atoms with Crippen LogP contribution in [0.5, 0.6) is 0 Å². The van der Waals surface area contributed by atoms with Gasteiger partial charge in [0.1, 0.15) is 0 Å². The fourth-order valence-corrected chi connectivity index (χ4v) is 3.82. The van der Waals surface area contributed by atoms with Crippen molar-refractivity contribution >= 4 is 62.6 Å². The molecule has 0 bridgehead atoms. The van der Waals surface area contributed by atoms with Gasteiger partial charge in [-0.25, -0.2) is 4.79 Å². The zero-order chi connectivity index (χ0) is 24.6. The predicted octanol–water partition coefficient (Wildman–Crippen LogP) is 1.95. The Labute approximate surface area is 192 Å². The number of rotatable bonds is 6. The SMILES string of the molecule is CC(=O)OC(C(=O)O)C(OC(C)=O)C(=O)Nc1ccc2cc3cccc4c3c(c2c1)NNC4=O. The lowest BCUT2D eigenvalue weighted by Crippen LogP contribution is -2.47. The van der Waals surface area contributed by atoms with Crippen LogP contribution in [0, 0.1) is 0 Å². The minimum atomic E-state index is -2.04. The zero-order valence-electron chi connectivity index (χ0n) is 18.0. The lowest BCUT2D eigenvalue weighted by atomic mass is 9.95. The van der Waals surface area contributed by atoms with Crippen LogP contribution < -0.4 is 16.2 Å². The summed E-state index contributed by atoms with van der Waals surface area (Å²) >= 11 is 0. The number of esters is 2. The monoisotopic (exact) mass is 465 g/mol. The van der Waals surface area contributed by atoms with Gasteiger partial charge in [-0.2, -0.15) is 0 Å². The second-order valence-electron chi connectivity index (χ2n) is 7.56. The van der Waals surface area contributed by atoms with Crippen LogP contribution in [0.2, 0.25) is 0 Å². The third kappa shape index (κ3) is 4.18. The number of ether oxygens (including phenoxy) is 2. The molecular formula is C23H19N3O8. The lowest BCUT2D eigenvalue weighted by Gasteiger charge is -2.23. The molecule has 0 fully saturated rings. The number of anilines is 2. The number of amides is 2. The van der Waals surface area contributed by atoms with Gasteiger partial charge in [0.05, 0.1) is 11.3 Å². The highest BCUT2D eigenvalue weighted by molar-refractivity contribution is 6.21. The van der Waals surface area contributed by atoms with Crippen molar-refractivity contribution in [3.63, 3.8) is 0 Å². The number of carboxylic acid groups (broad SMARTS) is 1. The first kappa shape index (κ1) is 22.5. The molecule has 0 radical (unpaired) electrons. The normalized spacial score (nSPS) is 13.9. The minimum Gasteiger partial charge on any atom is -0.478 e. The summed E-state index contributed by atoms with van der Waals surface area (Å²) in [5, 5.41) is 14.9. The Kier molecular flexibility index (Phi) is 5.76. The van der Waals surface area contributed by atoms with Gasteiger partial charge < -0.3 is 19.9 Å². The summed E-state index contributed by atoms with van der Waals surface area (Å²) in [7, 11) is 0. The van der Waals surface area contributed by atoms with Gasteiger partial charge in [-0.05, 0) is 35.0 Å². The van der Waals surface area contributed by atoms with Crippen molar-refractivity contribution in [2.24, 2.45) is 0 Å². The Morgan fingerprint density at radius 3 is 2.29 bits per heavy atom. The van der Waals surface area contributed by atoms with E-state index in [2.05, 4.69) is 16.2 Å². The Bertz CT molecular complexity index is 1380. The number of aliphatic carboxylic acids is 1. The third-order valence-electron chi connectivity index (χ3n) is 5.16. The maximum atomic E-state index is 12.9. The Hall–Kier alpha value is -4.67. The molecule has 0 aliphatic carbocycles. The van der Waals surface area contributed by atoms with Gasteiger partial charge >= 0.3 is 17.9 Å². The van der Waals surface area contributed by atoms with Crippen LogP contribution in [0.1, 0.15) is 24.2 Å². The molecule has 3 aromatic rings. The molecule has 0 saturated heterocycles. The number of carbonyl (C=O) groups excluding carboxylic acids is 4. The molecule has 2 atom stereocenters. The maximum absolute atomic E-state index is 12.9. The first-order valence-corrected chi connectivity index (χ1v) is 10.1. The Balaban J connectivity index is 1.73. The Morgan fingerprint density at radius 2 is 1.62 bits per heavy atom. The highest BCUT2D eigenvalue weighted by Crippen LogP contribution is 2.37. The van der Waals surface area contributed by atoms with Crippen LogP contribution in [-0.4, -0.2) is 47.0 Å². The van der Waals surface area contributed by atoms with E-state index in [0.29, 0.717) is 22.0 Å². The number of hydrogen-bond acceptors (Lipinski definition) is 8. The van der Waals surface area contributed by atoms with Crippen molar-refractivity contribution in [2.75, 3.05) is 10.7 Å². The van der Waals surface area contributed by atoms with E-state index in [9.17, 15) is 29.1 Å². The fourth-order valence-electron chi connectivity index (χ4n) is 3.82. The molecule has 3 aromatic carbocycles. The molecule has 174 valence electrons. The van der Waals surface area contributed by atoms with Gasteiger partial charge in [0, 0.05) is 30.3 Å². The molecule has 11 nitrogen and oxygen atoms in total. The van der Waals surface area contributed by atoms with Crippen LogP contribution in [0.25, 0.3) is 21.5 Å². The number of fused-ring (bicyclic) bond motifs is 2. The van der Waals surface area contributed by atoms with Gasteiger partial charge in [0.15, 0.2) is 0 Å². The highest BCUT2D eigenvalue weighted by atomic mass is 16.6. The molecular weight excluding hydrogens is 446 g/mol. The van der Waals surface area contributed by atoms with Crippen molar-refractivity contribution in [2.45, 2.75) is 26.1 Å². The van der Waals surface area contributed by atoms with E-state index in [1.807, 2.05) is 12.1 Å². The number of benzene rings is 3. The summed E-state index contributed by atoms with van der Waals surface area (Å²) in [6, 6.07) is 12.2. The van der Waals surface area contributed by atoms with E-state index in [4.69, 9.17) is 9.47 Å². The van der Waals surface area contributed by atoms with E-state index in [1.165, 1.54) is 0 Å². The smallest absolute Gasteiger partial charge is 0.349 e. The maximum Gasteiger partial charge on any atom is 0.349 e. The number of carbonyl (C=O) groups is 5. The van der Waals surface area contributed by atoms with Crippen LogP contribution in [0.3, 0.4) is 0 Å². The van der Waals surface area contributed by atoms with Gasteiger partial charge in [0.25, 0.3) is 11.8 Å². The van der Waals surface area contributed by atoms with E-state index >= 15 is 0 Å². The summed E-state index contributed by atoms with van der Waals surface area (Å²) in [6.45, 7) is 1.97. The van der Waals surface area contributed by atoms with Gasteiger partial charge in [0.2, 0.25) is 12.2 Å². The van der Waals surface area contributed by atoms with Gasteiger partial charge in [-0.1, -0.05) is 18.2 Å². The summed E-state index contributed by atoms with van der Waals surface area (Å²) < 4.78 is 9.56. The molecule has 1 aliphatic rings. The summed E-state index contributed by atoms with van der Waals surface area (Å²) in [6.07, 6.45) is -3.96. The fraction of sp³-hybridized carbons (Fsp3) is 0.174. The van der Waals surface area contributed by atoms with Crippen LogP contribution in [-0.2, 0) is 28.7 Å². The van der Waals surface area contributed by atoms with Crippen molar-refractivity contribution in [3.05, 3.63) is 48.0 Å². The van der Waals surface area contributed by atoms with Crippen molar-refractivity contribution in [3.8, 4) is 0 Å². The lowest BCUT2D eigenvalue weighted by molar-refractivity contribution is -0.179. The van der Waals surface area contributed by atoms with Crippen molar-refractivity contribution in [1.29, 1.82) is 0 Å². The zero-order valence-corrected chi connectivity index (χ0v) is 18.0. The highest BCUT2D eigenvalue weighted by Gasteiger charge is 2.39. The summed E-state index contributed by atoms with van der Waals surface area (Å²) in [5.74, 6) is -4.83. The second kappa shape index (κ2) is 8.70. The van der Waals surface area contributed by atoms with Crippen LogP contribution in [0.4, 0.5) is 11.4 Å². The van der Waals surface area contributed by atoms with Crippen LogP contribution >= 0.6 is 0 Å². The third-order valence-corrected chi connectivity index (χ3v) is 5.16.